The highest BCUT2D eigenvalue weighted by Crippen LogP contribution is 2.38. The van der Waals surface area contributed by atoms with E-state index in [1.165, 1.54) is 72.8 Å². The average Bonchev–Trinajstić information content (AvgIpc) is 3.31. The Hall–Kier alpha value is -7.52. The van der Waals surface area contributed by atoms with E-state index < -0.39 is 54.3 Å². The third-order valence-electron chi connectivity index (χ3n) is 10.3. The number of sulfonamides is 1. The molecule has 21 heteroatoms. The monoisotopic (exact) mass is 1060 g/mol. The van der Waals surface area contributed by atoms with Crippen LogP contribution in [0.15, 0.2) is 192 Å². The Labute approximate surface area is 409 Å². The number of rotatable bonds is 8. The van der Waals surface area contributed by atoms with E-state index in [0.29, 0.717) is 50.2 Å². The van der Waals surface area contributed by atoms with Crippen molar-refractivity contribution in [3.05, 3.63) is 199 Å². The first-order valence-corrected chi connectivity index (χ1v) is 24.4. The molecule has 0 bridgehead atoms. The number of nitrogens with two attached hydrogens (primary N) is 2. The maximum atomic E-state index is 12.6. The van der Waals surface area contributed by atoms with Crippen molar-refractivity contribution in [2.75, 3.05) is 5.73 Å². The minimum atomic E-state index is -4.42. The van der Waals surface area contributed by atoms with E-state index in [2.05, 4.69) is 0 Å². The lowest BCUT2D eigenvalue weighted by Gasteiger charge is -2.11. The van der Waals surface area contributed by atoms with Crippen LogP contribution in [0.1, 0.15) is 16.7 Å². The summed E-state index contributed by atoms with van der Waals surface area (Å²) < 4.78 is 176. The quantitative estimate of drug-likeness (QED) is 0.0868. The summed E-state index contributed by atoms with van der Waals surface area (Å²) in [5.41, 5.74) is 4.13. The van der Waals surface area contributed by atoms with Gasteiger partial charge in [0.1, 0.15) is 34.5 Å². The van der Waals surface area contributed by atoms with Crippen LogP contribution in [0.2, 0.25) is 0 Å². The lowest BCUT2D eigenvalue weighted by molar-refractivity contribution is -0.138. The van der Waals surface area contributed by atoms with Crippen molar-refractivity contribution in [3.63, 3.8) is 0 Å². The lowest BCUT2D eigenvalue weighted by Crippen LogP contribution is -2.11. The van der Waals surface area contributed by atoms with Crippen molar-refractivity contribution in [1.29, 1.82) is 0 Å². The molecule has 0 fully saturated rings. The van der Waals surface area contributed by atoms with Crippen molar-refractivity contribution < 1.29 is 70.6 Å². The standard InChI is InChI=1S/C17H10ClF3O3S.C17H12F3NO3S.C17H12F3NO/c18-25(22,23)14-8-9-15-11(10-14)2-1-3-16(15)24-13-6-4-12(5-7-13)17(19,20)21;18-17(19,20)12-4-6-13(7-5-12)24-16-3-1-2-11-10-14(25(21,22)23)8-9-15(11)16;18-17(19,20)12-4-7-14(8-5-12)22-16-3-1-2-11-10-13(21)6-9-15(11)16/h1-10H;1-10H,(H2,21,22,23);1-10H,21H2. The number of anilines is 1. The molecular formula is C51H34ClF9N2O7S2. The minimum absolute atomic E-state index is 0.0355. The van der Waals surface area contributed by atoms with Gasteiger partial charge in [0.15, 0.2) is 0 Å². The first kappa shape index (κ1) is 52.3. The highest BCUT2D eigenvalue weighted by molar-refractivity contribution is 8.13. The summed E-state index contributed by atoms with van der Waals surface area (Å²) in [7, 11) is -2.36. The molecule has 9 nitrogen and oxygen atoms in total. The first-order valence-electron chi connectivity index (χ1n) is 20.6. The normalized spacial score (nSPS) is 12.1. The zero-order chi connectivity index (χ0) is 52.2. The smallest absolute Gasteiger partial charge is 0.416 e. The van der Waals surface area contributed by atoms with Crippen LogP contribution in [0.3, 0.4) is 0 Å². The summed E-state index contributed by atoms with van der Waals surface area (Å²) >= 11 is 0. The van der Waals surface area contributed by atoms with Gasteiger partial charge in [-0.1, -0.05) is 36.4 Å². The van der Waals surface area contributed by atoms with Gasteiger partial charge >= 0.3 is 18.5 Å². The highest BCUT2D eigenvalue weighted by atomic mass is 35.7. The van der Waals surface area contributed by atoms with Gasteiger partial charge in [0, 0.05) is 32.5 Å². The summed E-state index contributed by atoms with van der Waals surface area (Å²) in [6.45, 7) is 0. The summed E-state index contributed by atoms with van der Waals surface area (Å²) in [5.74, 6) is 2.15. The molecule has 372 valence electrons. The zero-order valence-corrected chi connectivity index (χ0v) is 38.8. The minimum Gasteiger partial charge on any atom is -0.457 e. The van der Waals surface area contributed by atoms with Gasteiger partial charge in [-0.25, -0.2) is 22.0 Å². The largest absolute Gasteiger partial charge is 0.457 e. The molecule has 0 saturated heterocycles. The number of alkyl halides is 9. The number of benzene rings is 9. The van der Waals surface area contributed by atoms with Crippen molar-refractivity contribution >= 4 is 67.8 Å². The summed E-state index contributed by atoms with van der Waals surface area (Å²) in [6, 6.07) is 42.5. The second-order valence-electron chi connectivity index (χ2n) is 15.4. The molecular weight excluding hydrogens is 1020 g/mol. The fourth-order valence-corrected chi connectivity index (χ4v) is 8.18. The SMILES string of the molecule is NS(=O)(=O)c1ccc2c(Oc3ccc(C(F)(F)F)cc3)cccc2c1.Nc1ccc2c(Oc3ccc(C(F)(F)F)cc3)cccc2c1.O=S(=O)(Cl)c1ccc2c(Oc3ccc(C(F)(F)F)cc3)cccc2c1. The molecule has 0 saturated carbocycles. The van der Waals surface area contributed by atoms with E-state index in [1.807, 2.05) is 18.2 Å². The van der Waals surface area contributed by atoms with Gasteiger partial charge in [-0.05, 0) is 162 Å². The van der Waals surface area contributed by atoms with E-state index >= 15 is 0 Å². The molecule has 0 unspecified atom stereocenters. The lowest BCUT2D eigenvalue weighted by atomic mass is 10.1. The van der Waals surface area contributed by atoms with Crippen molar-refractivity contribution in [2.45, 2.75) is 28.3 Å². The van der Waals surface area contributed by atoms with Gasteiger partial charge in [-0.15, -0.1) is 0 Å². The van der Waals surface area contributed by atoms with E-state index in [1.54, 1.807) is 54.6 Å². The van der Waals surface area contributed by atoms with Gasteiger partial charge < -0.3 is 19.9 Å². The summed E-state index contributed by atoms with van der Waals surface area (Å²) in [4.78, 5) is -0.0833. The number of hydrogen-bond donors (Lipinski definition) is 2. The fraction of sp³-hybridized carbons (Fsp3) is 0.0588. The van der Waals surface area contributed by atoms with Crippen molar-refractivity contribution in [3.8, 4) is 34.5 Å². The number of hydrogen-bond acceptors (Lipinski definition) is 8. The van der Waals surface area contributed by atoms with E-state index in [0.717, 1.165) is 47.2 Å². The molecule has 9 aromatic rings. The molecule has 0 aliphatic carbocycles. The Morgan fingerprint density at radius 3 is 1.01 bits per heavy atom. The Kier molecular flexibility index (Phi) is 15.0. The summed E-state index contributed by atoms with van der Waals surface area (Å²) in [6.07, 6.45) is -13.2. The van der Waals surface area contributed by atoms with Crippen LogP contribution in [0.25, 0.3) is 32.3 Å². The van der Waals surface area contributed by atoms with E-state index in [9.17, 15) is 56.3 Å². The molecule has 0 aliphatic heterocycles. The average molecular weight is 1060 g/mol. The third-order valence-corrected chi connectivity index (χ3v) is 12.6. The predicted molar refractivity (Wildman–Crippen MR) is 255 cm³/mol. The molecule has 0 radical (unpaired) electrons. The fourth-order valence-electron chi connectivity index (χ4n) is 6.85. The van der Waals surface area contributed by atoms with E-state index in [-0.39, 0.29) is 21.3 Å². The van der Waals surface area contributed by atoms with Crippen LogP contribution in [-0.4, -0.2) is 16.8 Å². The number of fused-ring (bicyclic) bond motifs is 3. The Bertz CT molecular complexity index is 3460. The number of nitrogen functional groups attached to an aromatic ring is 1. The van der Waals surface area contributed by atoms with Gasteiger partial charge in [-0.2, -0.15) is 39.5 Å². The van der Waals surface area contributed by atoms with Gasteiger partial charge in [0.25, 0.3) is 9.05 Å². The number of halogens is 10. The van der Waals surface area contributed by atoms with Gasteiger partial charge in [0.2, 0.25) is 10.0 Å². The maximum Gasteiger partial charge on any atom is 0.416 e. The van der Waals surface area contributed by atoms with E-state index in [4.69, 9.17) is 35.8 Å². The topological polar surface area (TPSA) is 148 Å². The third kappa shape index (κ3) is 13.3. The Morgan fingerprint density at radius 1 is 0.389 bits per heavy atom. The number of ether oxygens (including phenoxy) is 3. The van der Waals surface area contributed by atoms with Crippen LogP contribution < -0.4 is 25.1 Å². The molecule has 9 rings (SSSR count). The Balaban J connectivity index is 0.000000159. The van der Waals surface area contributed by atoms with Gasteiger partial charge in [-0.3, -0.25) is 0 Å². The van der Waals surface area contributed by atoms with Crippen LogP contribution in [-0.2, 0) is 37.6 Å². The van der Waals surface area contributed by atoms with Crippen molar-refractivity contribution in [2.24, 2.45) is 5.14 Å². The molecule has 72 heavy (non-hydrogen) atoms. The second-order valence-corrected chi connectivity index (χ2v) is 19.5. The van der Waals surface area contributed by atoms with Crippen LogP contribution in [0, 0.1) is 0 Å². The molecule has 0 amide bonds. The molecule has 0 spiro atoms. The highest BCUT2D eigenvalue weighted by Gasteiger charge is 2.32. The van der Waals surface area contributed by atoms with Gasteiger partial charge in [0.05, 0.1) is 26.5 Å². The van der Waals surface area contributed by atoms with Crippen LogP contribution in [0.5, 0.6) is 34.5 Å². The molecule has 0 aromatic heterocycles. The molecule has 4 N–H and O–H groups in total. The predicted octanol–water partition coefficient (Wildman–Crippen LogP) is 15.1. The molecule has 0 heterocycles. The molecule has 0 aliphatic rings. The maximum absolute atomic E-state index is 12.6. The zero-order valence-electron chi connectivity index (χ0n) is 36.4. The van der Waals surface area contributed by atoms with Crippen molar-refractivity contribution in [1.82, 2.24) is 0 Å². The van der Waals surface area contributed by atoms with Crippen LogP contribution in [0.4, 0.5) is 45.2 Å². The van der Waals surface area contributed by atoms with Crippen LogP contribution >= 0.6 is 10.7 Å². The number of primary sulfonamides is 1. The second kappa shape index (κ2) is 20.7. The molecule has 9 aromatic carbocycles. The Morgan fingerprint density at radius 2 is 0.694 bits per heavy atom. The summed E-state index contributed by atoms with van der Waals surface area (Å²) in [5, 5.41) is 9.22. The molecule has 0 atom stereocenters. The first-order chi connectivity index (χ1) is 33.7.